The van der Waals surface area contributed by atoms with E-state index in [4.69, 9.17) is 0 Å². The topological polar surface area (TPSA) is 63.4 Å². The van der Waals surface area contributed by atoms with Crippen LogP contribution in [0.25, 0.3) is 16.8 Å². The number of carbonyl (C=O) groups excluding carboxylic acids is 1. The molecule has 156 valence electrons. The lowest BCUT2D eigenvalue weighted by Gasteiger charge is -2.32. The molecule has 2 aromatic heterocycles. The fourth-order valence-corrected chi connectivity index (χ4v) is 3.96. The summed E-state index contributed by atoms with van der Waals surface area (Å²) >= 11 is 0. The molecule has 0 atom stereocenters. The third-order valence-corrected chi connectivity index (χ3v) is 5.89. The van der Waals surface area contributed by atoms with E-state index in [2.05, 4.69) is 15.5 Å². The number of nitrogens with zero attached hydrogens (tertiary/aromatic N) is 5. The van der Waals surface area contributed by atoms with E-state index >= 15 is 0 Å². The number of hydrogen-bond acceptors (Lipinski definition) is 4. The molecule has 1 aliphatic rings. The van der Waals surface area contributed by atoms with Crippen molar-refractivity contribution in [1.82, 2.24) is 24.9 Å². The summed E-state index contributed by atoms with van der Waals surface area (Å²) in [6.07, 6.45) is 4.82. The molecule has 0 unspecified atom stereocenters. The molecule has 5 rings (SSSR count). The molecule has 2 heterocycles. The van der Waals surface area contributed by atoms with Gasteiger partial charge in [-0.3, -0.25) is 4.79 Å². The Morgan fingerprint density at radius 3 is 2.52 bits per heavy atom. The van der Waals surface area contributed by atoms with Crippen molar-refractivity contribution in [3.05, 3.63) is 83.8 Å². The molecule has 0 radical (unpaired) electrons. The number of aromatic nitrogens is 4. The molecule has 0 bridgehead atoms. The number of amides is 1. The van der Waals surface area contributed by atoms with E-state index in [1.165, 1.54) is 12.1 Å². The molecule has 1 saturated carbocycles. The van der Waals surface area contributed by atoms with Crippen molar-refractivity contribution in [3.63, 3.8) is 0 Å². The van der Waals surface area contributed by atoms with Gasteiger partial charge in [-0.15, -0.1) is 5.10 Å². The second kappa shape index (κ2) is 8.26. The maximum absolute atomic E-state index is 13.4. The summed E-state index contributed by atoms with van der Waals surface area (Å²) in [6.45, 7) is 0.802. The van der Waals surface area contributed by atoms with Crippen LogP contribution in [0.3, 0.4) is 0 Å². The number of pyridine rings is 1. The summed E-state index contributed by atoms with van der Waals surface area (Å²) in [6, 6.07) is 18.4. The van der Waals surface area contributed by atoms with E-state index in [9.17, 15) is 9.18 Å². The van der Waals surface area contributed by atoms with Gasteiger partial charge in [0, 0.05) is 36.3 Å². The van der Waals surface area contributed by atoms with Crippen LogP contribution in [0.4, 0.5) is 4.39 Å². The summed E-state index contributed by atoms with van der Waals surface area (Å²) in [5.41, 5.74) is 4.43. The highest BCUT2D eigenvalue weighted by molar-refractivity contribution is 5.80. The normalized spacial score (nSPS) is 13.8. The van der Waals surface area contributed by atoms with Crippen LogP contribution in [0.1, 0.15) is 30.4 Å². The zero-order chi connectivity index (χ0) is 21.2. The number of fused-ring (bicyclic) bond motifs is 1. The van der Waals surface area contributed by atoms with Crippen molar-refractivity contribution < 1.29 is 9.18 Å². The van der Waals surface area contributed by atoms with E-state index in [0.29, 0.717) is 18.7 Å². The minimum absolute atomic E-state index is 0.0600. The van der Waals surface area contributed by atoms with Crippen molar-refractivity contribution in [1.29, 1.82) is 0 Å². The maximum Gasteiger partial charge on any atom is 0.226 e. The lowest BCUT2D eigenvalue weighted by molar-refractivity contribution is -0.139. The van der Waals surface area contributed by atoms with Crippen LogP contribution in [-0.2, 0) is 17.9 Å². The number of rotatable bonds is 6. The highest BCUT2D eigenvalue weighted by Gasteiger charge is 2.30. The maximum atomic E-state index is 13.4. The molecule has 1 fully saturated rings. The molecule has 31 heavy (non-hydrogen) atoms. The van der Waals surface area contributed by atoms with Crippen molar-refractivity contribution in [2.75, 3.05) is 0 Å². The Balaban J connectivity index is 1.51. The first-order chi connectivity index (χ1) is 15.2. The second-order valence-electron chi connectivity index (χ2n) is 8.02. The predicted molar refractivity (Wildman–Crippen MR) is 114 cm³/mol. The average molecular weight is 415 g/mol. The van der Waals surface area contributed by atoms with E-state index in [-0.39, 0.29) is 17.6 Å². The Bertz CT molecular complexity index is 1200. The first-order valence-corrected chi connectivity index (χ1v) is 10.5. The van der Waals surface area contributed by atoms with Gasteiger partial charge in [-0.2, -0.15) is 4.52 Å². The minimum Gasteiger partial charge on any atom is -0.334 e. The van der Waals surface area contributed by atoms with E-state index in [1.54, 1.807) is 16.6 Å². The number of hydrogen-bond donors (Lipinski definition) is 0. The molecule has 1 aliphatic carbocycles. The number of carbonyl (C=O) groups is 1. The van der Waals surface area contributed by atoms with Crippen LogP contribution in [0.2, 0.25) is 0 Å². The number of benzene rings is 2. The molecule has 1 amide bonds. The van der Waals surface area contributed by atoms with E-state index in [1.807, 2.05) is 47.5 Å². The quantitative estimate of drug-likeness (QED) is 0.472. The van der Waals surface area contributed by atoms with Crippen molar-refractivity contribution in [3.8, 4) is 11.1 Å². The third kappa shape index (κ3) is 4.03. The molecule has 0 aliphatic heterocycles. The predicted octanol–water partition coefficient (Wildman–Crippen LogP) is 4.26. The van der Waals surface area contributed by atoms with Gasteiger partial charge in [-0.05, 0) is 52.6 Å². The molecule has 0 saturated heterocycles. The SMILES string of the molecule is O=C(C1CCC1)N(Cc1ccc(F)cc1)Cc1cc(-c2ccccc2)cn2nnnc12. The fourth-order valence-electron chi connectivity index (χ4n) is 3.96. The molecule has 0 N–H and O–H groups in total. The van der Waals surface area contributed by atoms with Gasteiger partial charge in [0.25, 0.3) is 0 Å². The van der Waals surface area contributed by atoms with Gasteiger partial charge in [0.1, 0.15) is 5.82 Å². The van der Waals surface area contributed by atoms with Crippen LogP contribution in [-0.4, -0.2) is 30.8 Å². The van der Waals surface area contributed by atoms with Crippen LogP contribution in [0.5, 0.6) is 0 Å². The zero-order valence-electron chi connectivity index (χ0n) is 17.0. The van der Waals surface area contributed by atoms with Gasteiger partial charge in [-0.1, -0.05) is 48.9 Å². The molecular weight excluding hydrogens is 393 g/mol. The lowest BCUT2D eigenvalue weighted by atomic mass is 9.84. The van der Waals surface area contributed by atoms with Crippen LogP contribution in [0, 0.1) is 11.7 Å². The Labute approximate surface area is 179 Å². The van der Waals surface area contributed by atoms with Crippen LogP contribution in [0.15, 0.2) is 66.9 Å². The summed E-state index contributed by atoms with van der Waals surface area (Å²) in [5.74, 6) is -0.0940. The third-order valence-electron chi connectivity index (χ3n) is 5.89. The van der Waals surface area contributed by atoms with Gasteiger partial charge in [0.2, 0.25) is 5.91 Å². The Hall–Kier alpha value is -3.61. The van der Waals surface area contributed by atoms with Gasteiger partial charge in [0.15, 0.2) is 5.65 Å². The monoisotopic (exact) mass is 415 g/mol. The van der Waals surface area contributed by atoms with E-state index in [0.717, 1.165) is 41.5 Å². The van der Waals surface area contributed by atoms with Gasteiger partial charge in [-0.25, -0.2) is 4.39 Å². The lowest BCUT2D eigenvalue weighted by Crippen LogP contribution is -2.38. The second-order valence-corrected chi connectivity index (χ2v) is 8.02. The first kappa shape index (κ1) is 19.4. The van der Waals surface area contributed by atoms with Gasteiger partial charge >= 0.3 is 0 Å². The number of tetrazole rings is 1. The number of halogens is 1. The zero-order valence-corrected chi connectivity index (χ0v) is 17.0. The molecule has 6 nitrogen and oxygen atoms in total. The molecular formula is C24H22FN5O. The summed E-state index contributed by atoms with van der Waals surface area (Å²) in [7, 11) is 0. The highest BCUT2D eigenvalue weighted by atomic mass is 19.1. The van der Waals surface area contributed by atoms with Crippen LogP contribution >= 0.6 is 0 Å². The van der Waals surface area contributed by atoms with Gasteiger partial charge < -0.3 is 4.90 Å². The smallest absolute Gasteiger partial charge is 0.226 e. The minimum atomic E-state index is -0.285. The molecule has 0 spiro atoms. The molecule has 7 heteroatoms. The first-order valence-electron chi connectivity index (χ1n) is 10.5. The molecule has 2 aromatic carbocycles. The van der Waals surface area contributed by atoms with E-state index < -0.39 is 0 Å². The fraction of sp³-hybridized carbons (Fsp3) is 0.250. The Morgan fingerprint density at radius 2 is 1.81 bits per heavy atom. The van der Waals surface area contributed by atoms with Crippen LogP contribution < -0.4 is 0 Å². The average Bonchev–Trinajstić information content (AvgIpc) is 3.23. The van der Waals surface area contributed by atoms with Gasteiger partial charge in [0.05, 0.1) is 0 Å². The summed E-state index contributed by atoms with van der Waals surface area (Å²) < 4.78 is 15.0. The van der Waals surface area contributed by atoms with Crippen molar-refractivity contribution >= 4 is 11.6 Å². The summed E-state index contributed by atoms with van der Waals surface area (Å²) in [5, 5.41) is 12.1. The Morgan fingerprint density at radius 1 is 1.03 bits per heavy atom. The summed E-state index contributed by atoms with van der Waals surface area (Å²) in [4.78, 5) is 15.1. The standard InChI is InChI=1S/C24H22FN5O/c25-22-11-9-17(10-12-22)14-29(24(31)19-7-4-8-19)15-21-13-20(18-5-2-1-3-6-18)16-30-23(21)26-27-28-30/h1-3,5-6,9-13,16,19H,4,7-8,14-15H2. The van der Waals surface area contributed by atoms with Crippen molar-refractivity contribution in [2.24, 2.45) is 5.92 Å². The highest BCUT2D eigenvalue weighted by Crippen LogP contribution is 2.30. The largest absolute Gasteiger partial charge is 0.334 e. The Kier molecular flexibility index (Phi) is 5.16. The van der Waals surface area contributed by atoms with Crippen molar-refractivity contribution in [2.45, 2.75) is 32.4 Å². The molecule has 4 aromatic rings.